The van der Waals surface area contributed by atoms with Crippen LogP contribution in [0.25, 0.3) is 10.2 Å². The van der Waals surface area contributed by atoms with Crippen molar-refractivity contribution in [2.24, 2.45) is 5.92 Å². The Morgan fingerprint density at radius 2 is 2.21 bits per heavy atom. The molecule has 152 valence electrons. The number of aromatic nitrogens is 3. The topological polar surface area (TPSA) is 76.9 Å². The number of aryl methyl sites for hydroxylation is 3. The minimum absolute atomic E-state index is 0.217. The Balaban J connectivity index is 1.69. The molecule has 0 spiro atoms. The van der Waals surface area contributed by atoms with Crippen molar-refractivity contribution in [1.29, 1.82) is 0 Å². The second kappa shape index (κ2) is 7.71. The number of fused-ring (bicyclic) bond motifs is 3. The summed E-state index contributed by atoms with van der Waals surface area (Å²) in [6, 6.07) is 5.21. The number of carbonyl (C=O) groups excluding carboxylic acids is 1. The van der Waals surface area contributed by atoms with E-state index in [0.29, 0.717) is 16.1 Å². The van der Waals surface area contributed by atoms with E-state index in [0.717, 1.165) is 48.1 Å². The Kier molecular flexibility index (Phi) is 5.25. The van der Waals surface area contributed by atoms with Gasteiger partial charge in [-0.3, -0.25) is 9.59 Å². The predicted molar refractivity (Wildman–Crippen MR) is 117 cm³/mol. The highest BCUT2D eigenvalue weighted by Gasteiger charge is 2.26. The number of nitrogens with one attached hydrogen (secondary N) is 1. The Hall–Kier alpha value is -2.54. The molecule has 6 nitrogen and oxygen atoms in total. The molecule has 2 aromatic heterocycles. The van der Waals surface area contributed by atoms with Crippen LogP contribution < -0.4 is 10.9 Å². The van der Waals surface area contributed by atoms with E-state index < -0.39 is 6.04 Å². The minimum atomic E-state index is -0.748. The summed E-state index contributed by atoms with van der Waals surface area (Å²) >= 11 is 1.57. The molecule has 1 aliphatic rings. The van der Waals surface area contributed by atoms with Crippen molar-refractivity contribution in [2.45, 2.75) is 59.4 Å². The van der Waals surface area contributed by atoms with Crippen LogP contribution in [0.15, 0.2) is 23.0 Å². The van der Waals surface area contributed by atoms with Crippen molar-refractivity contribution in [2.75, 3.05) is 5.32 Å². The molecule has 0 saturated carbocycles. The standard InChI is InChI=1S/C22H26N4O2S/c1-5-15-8-6-7-13(3)19(15)23-20(27)14(4)26-22(28)18-16-10-9-12(2)11-17(16)29-21(18)24-25-26/h6-8,12,14H,5,9-11H2,1-4H3,(H,23,27)/t12-,14+/m1/s1. The highest BCUT2D eigenvalue weighted by molar-refractivity contribution is 7.18. The fourth-order valence-electron chi connectivity index (χ4n) is 4.07. The van der Waals surface area contributed by atoms with Crippen molar-refractivity contribution in [3.63, 3.8) is 0 Å². The van der Waals surface area contributed by atoms with Crippen LogP contribution in [-0.4, -0.2) is 20.9 Å². The SMILES string of the molecule is CCc1cccc(C)c1NC(=O)[C@H](C)n1nnc2sc3c(c2c1=O)CC[C@@H](C)C3. The van der Waals surface area contributed by atoms with E-state index in [2.05, 4.69) is 29.5 Å². The molecule has 0 saturated heterocycles. The second-order valence-electron chi connectivity index (χ2n) is 8.00. The van der Waals surface area contributed by atoms with Gasteiger partial charge < -0.3 is 5.32 Å². The van der Waals surface area contributed by atoms with Crippen LogP contribution in [0, 0.1) is 12.8 Å². The van der Waals surface area contributed by atoms with Gasteiger partial charge >= 0.3 is 0 Å². The zero-order chi connectivity index (χ0) is 20.7. The molecule has 3 aromatic rings. The van der Waals surface area contributed by atoms with Crippen molar-refractivity contribution in [1.82, 2.24) is 15.0 Å². The predicted octanol–water partition coefficient (Wildman–Crippen LogP) is 4.05. The number of para-hydroxylation sites is 1. The van der Waals surface area contributed by atoms with E-state index in [1.54, 1.807) is 18.3 Å². The number of anilines is 1. The van der Waals surface area contributed by atoms with Gasteiger partial charge in [-0.2, -0.15) is 4.68 Å². The molecule has 1 aliphatic carbocycles. The lowest BCUT2D eigenvalue weighted by Crippen LogP contribution is -2.34. The van der Waals surface area contributed by atoms with Gasteiger partial charge in [-0.05, 0) is 62.1 Å². The Morgan fingerprint density at radius 3 is 2.97 bits per heavy atom. The van der Waals surface area contributed by atoms with E-state index >= 15 is 0 Å². The number of carbonyl (C=O) groups is 1. The first-order valence-corrected chi connectivity index (χ1v) is 11.0. The van der Waals surface area contributed by atoms with E-state index in [-0.39, 0.29) is 11.5 Å². The van der Waals surface area contributed by atoms with E-state index in [1.807, 2.05) is 25.1 Å². The molecule has 0 fully saturated rings. The lowest BCUT2D eigenvalue weighted by Gasteiger charge is -2.18. The van der Waals surface area contributed by atoms with E-state index in [9.17, 15) is 9.59 Å². The van der Waals surface area contributed by atoms with Crippen LogP contribution in [0.4, 0.5) is 5.69 Å². The lowest BCUT2D eigenvalue weighted by atomic mass is 9.89. The zero-order valence-corrected chi connectivity index (χ0v) is 18.1. The van der Waals surface area contributed by atoms with Gasteiger partial charge in [0, 0.05) is 10.6 Å². The molecule has 0 unspecified atom stereocenters. The Labute approximate surface area is 173 Å². The second-order valence-corrected chi connectivity index (χ2v) is 9.08. The molecule has 2 atom stereocenters. The third-order valence-corrected chi connectivity index (χ3v) is 7.02. The lowest BCUT2D eigenvalue weighted by molar-refractivity contribution is -0.119. The number of nitrogens with zero attached hydrogens (tertiary/aromatic N) is 3. The maximum Gasteiger partial charge on any atom is 0.279 e. The summed E-state index contributed by atoms with van der Waals surface area (Å²) in [4.78, 5) is 28.1. The van der Waals surface area contributed by atoms with Crippen molar-refractivity contribution in [3.05, 3.63) is 50.1 Å². The maximum absolute atomic E-state index is 13.2. The summed E-state index contributed by atoms with van der Waals surface area (Å²) in [5.74, 6) is 0.361. The highest BCUT2D eigenvalue weighted by atomic mass is 32.1. The third-order valence-electron chi connectivity index (χ3n) is 5.88. The first kappa shape index (κ1) is 19.8. The summed E-state index contributed by atoms with van der Waals surface area (Å²) in [5, 5.41) is 12.0. The summed E-state index contributed by atoms with van der Waals surface area (Å²) in [6.07, 6.45) is 3.76. The van der Waals surface area contributed by atoms with Crippen molar-refractivity contribution >= 4 is 33.1 Å². The average molecular weight is 411 g/mol. The number of rotatable bonds is 4. The van der Waals surface area contributed by atoms with Gasteiger partial charge in [0.05, 0.1) is 5.39 Å². The van der Waals surface area contributed by atoms with Crippen molar-refractivity contribution < 1.29 is 4.79 Å². The smallest absolute Gasteiger partial charge is 0.279 e. The molecule has 1 aromatic carbocycles. The van der Waals surface area contributed by atoms with Gasteiger partial charge in [0.1, 0.15) is 6.04 Å². The monoisotopic (exact) mass is 410 g/mol. The largest absolute Gasteiger partial charge is 0.324 e. The summed E-state index contributed by atoms with van der Waals surface area (Å²) in [5.41, 5.74) is 3.78. The van der Waals surface area contributed by atoms with E-state index in [1.165, 1.54) is 9.56 Å². The molecule has 2 heterocycles. The number of benzene rings is 1. The first-order valence-electron chi connectivity index (χ1n) is 10.2. The van der Waals surface area contributed by atoms with Crippen LogP contribution in [0.3, 0.4) is 0 Å². The number of hydrogen-bond acceptors (Lipinski definition) is 5. The van der Waals surface area contributed by atoms with Gasteiger partial charge in [-0.1, -0.05) is 37.3 Å². The highest BCUT2D eigenvalue weighted by Crippen LogP contribution is 2.35. The van der Waals surface area contributed by atoms with Gasteiger partial charge in [-0.25, -0.2) is 0 Å². The number of amides is 1. The molecule has 1 N–H and O–H groups in total. The maximum atomic E-state index is 13.2. The molecule has 0 radical (unpaired) electrons. The first-order chi connectivity index (χ1) is 13.9. The van der Waals surface area contributed by atoms with Crippen LogP contribution in [0.1, 0.15) is 54.8 Å². The molecular weight excluding hydrogens is 384 g/mol. The molecule has 7 heteroatoms. The number of hydrogen-bond donors (Lipinski definition) is 1. The van der Waals surface area contributed by atoms with Gasteiger partial charge in [0.15, 0.2) is 4.83 Å². The normalized spacial score (nSPS) is 17.2. The minimum Gasteiger partial charge on any atom is -0.324 e. The molecule has 0 aliphatic heterocycles. The quantitative estimate of drug-likeness (QED) is 0.704. The van der Waals surface area contributed by atoms with Crippen LogP contribution in [0.2, 0.25) is 0 Å². The number of thiophene rings is 1. The van der Waals surface area contributed by atoms with E-state index in [4.69, 9.17) is 0 Å². The summed E-state index contributed by atoms with van der Waals surface area (Å²) in [6.45, 7) is 7.95. The van der Waals surface area contributed by atoms with Gasteiger partial charge in [0.25, 0.3) is 5.56 Å². The van der Waals surface area contributed by atoms with Crippen LogP contribution in [0.5, 0.6) is 0 Å². The Morgan fingerprint density at radius 1 is 1.41 bits per heavy atom. The fraction of sp³-hybridized carbons (Fsp3) is 0.455. The van der Waals surface area contributed by atoms with Crippen LogP contribution >= 0.6 is 11.3 Å². The summed E-state index contributed by atoms with van der Waals surface area (Å²) < 4.78 is 1.23. The molecule has 1 amide bonds. The third kappa shape index (κ3) is 3.48. The molecule has 4 rings (SSSR count). The Bertz CT molecular complexity index is 1150. The van der Waals surface area contributed by atoms with Gasteiger partial charge in [-0.15, -0.1) is 16.4 Å². The van der Waals surface area contributed by atoms with Crippen molar-refractivity contribution in [3.8, 4) is 0 Å². The zero-order valence-electron chi connectivity index (χ0n) is 17.3. The molecule has 29 heavy (non-hydrogen) atoms. The van der Waals surface area contributed by atoms with Gasteiger partial charge in [0.2, 0.25) is 5.91 Å². The van der Waals surface area contributed by atoms with Crippen LogP contribution in [-0.2, 0) is 24.1 Å². The fourth-order valence-corrected chi connectivity index (χ4v) is 5.38. The summed E-state index contributed by atoms with van der Waals surface area (Å²) in [7, 11) is 0. The molecular formula is C22H26N4O2S. The average Bonchev–Trinajstić information content (AvgIpc) is 3.07. The molecule has 0 bridgehead atoms.